The Morgan fingerprint density at radius 3 is 2.33 bits per heavy atom. The predicted molar refractivity (Wildman–Crippen MR) is 98.0 cm³/mol. The van der Waals surface area contributed by atoms with Crippen molar-refractivity contribution < 1.29 is 9.59 Å². The third kappa shape index (κ3) is 4.83. The molecule has 0 radical (unpaired) electrons. The van der Waals surface area contributed by atoms with E-state index in [9.17, 15) is 9.59 Å². The number of benzene rings is 1. The average Bonchev–Trinajstić information content (AvgIpc) is 2.52. The van der Waals surface area contributed by atoms with Crippen LogP contribution in [0.25, 0.3) is 0 Å². The Bertz CT molecular complexity index is 584. The van der Waals surface area contributed by atoms with Crippen molar-refractivity contribution in [1.29, 1.82) is 0 Å². The summed E-state index contributed by atoms with van der Waals surface area (Å²) in [5.74, 6) is -0.131. The molecule has 0 saturated heterocycles. The molecule has 4 nitrogen and oxygen atoms in total. The van der Waals surface area contributed by atoms with E-state index < -0.39 is 0 Å². The molecular weight excluding hydrogens is 300 g/mol. The monoisotopic (exact) mass is 330 g/mol. The summed E-state index contributed by atoms with van der Waals surface area (Å²) >= 11 is 0. The van der Waals surface area contributed by atoms with Gasteiger partial charge in [0.2, 0.25) is 11.8 Å². The first-order valence-corrected chi connectivity index (χ1v) is 8.95. The Hall–Kier alpha value is -1.84. The number of amides is 2. The minimum absolute atomic E-state index is 0.0128. The van der Waals surface area contributed by atoms with Gasteiger partial charge in [-0.05, 0) is 29.9 Å². The van der Waals surface area contributed by atoms with E-state index in [0.717, 1.165) is 36.9 Å². The smallest absolute Gasteiger partial charge is 0.244 e. The molecule has 0 bridgehead atoms. The van der Waals surface area contributed by atoms with E-state index in [1.54, 1.807) is 11.8 Å². The normalized spacial score (nSPS) is 15.8. The number of anilines is 1. The van der Waals surface area contributed by atoms with Crippen LogP contribution in [-0.4, -0.2) is 29.3 Å². The van der Waals surface area contributed by atoms with Crippen LogP contribution in [0.5, 0.6) is 0 Å². The lowest BCUT2D eigenvalue weighted by atomic mass is 9.86. The fraction of sp³-hybridized carbons (Fsp3) is 0.600. The van der Waals surface area contributed by atoms with Gasteiger partial charge in [-0.1, -0.05) is 58.2 Å². The average molecular weight is 330 g/mol. The number of hydrogen-bond acceptors (Lipinski definition) is 2. The molecule has 0 spiro atoms. The predicted octanol–water partition coefficient (Wildman–Crippen LogP) is 4.10. The number of nitrogens with one attached hydrogen (secondary N) is 1. The maximum atomic E-state index is 12.5. The van der Waals surface area contributed by atoms with Crippen molar-refractivity contribution >= 4 is 17.5 Å². The van der Waals surface area contributed by atoms with Crippen molar-refractivity contribution in [3.8, 4) is 0 Å². The minimum atomic E-state index is -0.118. The summed E-state index contributed by atoms with van der Waals surface area (Å²) in [5, 5.41) is 3.01. The highest BCUT2D eigenvalue weighted by atomic mass is 16.2. The van der Waals surface area contributed by atoms with Crippen LogP contribution in [0.3, 0.4) is 0 Å². The van der Waals surface area contributed by atoms with Gasteiger partial charge < -0.3 is 10.2 Å². The Kier molecular flexibility index (Phi) is 6.03. The number of carbonyl (C=O) groups excluding carboxylic acids is 2. The minimum Gasteiger partial charge on any atom is -0.331 e. The summed E-state index contributed by atoms with van der Waals surface area (Å²) in [5.41, 5.74) is 1.89. The zero-order valence-electron chi connectivity index (χ0n) is 15.4. The summed E-state index contributed by atoms with van der Waals surface area (Å²) in [6, 6.07) is 8.09. The maximum absolute atomic E-state index is 12.5. The van der Waals surface area contributed by atoms with E-state index in [1.165, 1.54) is 6.42 Å². The number of para-hydroxylation sites is 1. The molecule has 132 valence electrons. The highest BCUT2D eigenvalue weighted by Crippen LogP contribution is 2.29. The SMILES string of the molecule is CC(=O)N(CC(=O)Nc1ccccc1C(C)(C)C)C1CCCCC1. The molecule has 0 atom stereocenters. The zero-order valence-corrected chi connectivity index (χ0v) is 15.4. The van der Waals surface area contributed by atoms with Gasteiger partial charge in [0.05, 0.1) is 0 Å². The summed E-state index contributed by atoms with van der Waals surface area (Å²) in [4.78, 5) is 26.3. The molecule has 1 N–H and O–H groups in total. The van der Waals surface area contributed by atoms with Gasteiger partial charge in [0.15, 0.2) is 0 Å². The van der Waals surface area contributed by atoms with E-state index in [2.05, 4.69) is 26.1 Å². The second kappa shape index (κ2) is 7.82. The van der Waals surface area contributed by atoms with Gasteiger partial charge in [-0.25, -0.2) is 0 Å². The van der Waals surface area contributed by atoms with Crippen molar-refractivity contribution in [2.45, 2.75) is 71.3 Å². The van der Waals surface area contributed by atoms with E-state index >= 15 is 0 Å². The van der Waals surface area contributed by atoms with Crippen molar-refractivity contribution in [2.24, 2.45) is 0 Å². The quantitative estimate of drug-likeness (QED) is 0.903. The van der Waals surface area contributed by atoms with Crippen LogP contribution < -0.4 is 5.32 Å². The van der Waals surface area contributed by atoms with Crippen LogP contribution >= 0.6 is 0 Å². The summed E-state index contributed by atoms with van der Waals surface area (Å²) in [7, 11) is 0. The van der Waals surface area contributed by atoms with Gasteiger partial charge in [0.1, 0.15) is 6.54 Å². The van der Waals surface area contributed by atoms with Gasteiger partial charge in [-0.3, -0.25) is 9.59 Å². The van der Waals surface area contributed by atoms with Crippen LogP contribution in [-0.2, 0) is 15.0 Å². The molecule has 4 heteroatoms. The maximum Gasteiger partial charge on any atom is 0.244 e. The number of hydrogen-bond donors (Lipinski definition) is 1. The molecule has 0 aromatic heterocycles. The second-order valence-electron chi connectivity index (χ2n) is 7.78. The van der Waals surface area contributed by atoms with Crippen molar-refractivity contribution in [1.82, 2.24) is 4.90 Å². The molecule has 2 amide bonds. The Labute approximate surface area is 145 Å². The Morgan fingerprint density at radius 2 is 1.75 bits per heavy atom. The van der Waals surface area contributed by atoms with Crippen LogP contribution in [0.4, 0.5) is 5.69 Å². The second-order valence-corrected chi connectivity index (χ2v) is 7.78. The molecule has 0 aliphatic heterocycles. The lowest BCUT2D eigenvalue weighted by Crippen LogP contribution is -2.44. The van der Waals surface area contributed by atoms with Gasteiger partial charge in [0, 0.05) is 18.7 Å². The first-order chi connectivity index (χ1) is 11.3. The molecule has 0 unspecified atom stereocenters. The molecule has 1 aliphatic rings. The number of carbonyl (C=O) groups is 2. The van der Waals surface area contributed by atoms with Gasteiger partial charge in [-0.2, -0.15) is 0 Å². The van der Waals surface area contributed by atoms with E-state index in [-0.39, 0.29) is 29.8 Å². The Balaban J connectivity index is 2.08. The summed E-state index contributed by atoms with van der Waals surface area (Å²) in [6.45, 7) is 8.08. The van der Waals surface area contributed by atoms with E-state index in [0.29, 0.717) is 0 Å². The standard InChI is InChI=1S/C20H30N2O2/c1-15(23)22(16-10-6-5-7-11-16)14-19(24)21-18-13-9-8-12-17(18)20(2,3)4/h8-9,12-13,16H,5-7,10-11,14H2,1-4H3,(H,21,24). The van der Waals surface area contributed by atoms with Crippen molar-refractivity contribution in [3.63, 3.8) is 0 Å². The summed E-state index contributed by atoms with van der Waals surface area (Å²) in [6.07, 6.45) is 5.52. The van der Waals surface area contributed by atoms with Crippen LogP contribution in [0.1, 0.15) is 65.4 Å². The molecule has 1 fully saturated rings. The van der Waals surface area contributed by atoms with Gasteiger partial charge in [-0.15, -0.1) is 0 Å². The molecule has 1 aromatic rings. The third-order valence-electron chi connectivity index (χ3n) is 4.74. The lowest BCUT2D eigenvalue weighted by Gasteiger charge is -2.33. The third-order valence-corrected chi connectivity index (χ3v) is 4.74. The van der Waals surface area contributed by atoms with Crippen molar-refractivity contribution in [3.05, 3.63) is 29.8 Å². The Morgan fingerprint density at radius 1 is 1.12 bits per heavy atom. The van der Waals surface area contributed by atoms with Gasteiger partial charge >= 0.3 is 0 Å². The largest absolute Gasteiger partial charge is 0.331 e. The van der Waals surface area contributed by atoms with Crippen LogP contribution in [0, 0.1) is 0 Å². The van der Waals surface area contributed by atoms with E-state index in [4.69, 9.17) is 0 Å². The van der Waals surface area contributed by atoms with Gasteiger partial charge in [0.25, 0.3) is 0 Å². The first kappa shape index (κ1) is 18.5. The molecule has 1 saturated carbocycles. The molecular formula is C20H30N2O2. The number of nitrogens with zero attached hydrogens (tertiary/aromatic N) is 1. The van der Waals surface area contributed by atoms with E-state index in [1.807, 2.05) is 24.3 Å². The molecule has 1 aromatic carbocycles. The van der Waals surface area contributed by atoms with Crippen LogP contribution in [0.15, 0.2) is 24.3 Å². The van der Waals surface area contributed by atoms with Crippen molar-refractivity contribution in [2.75, 3.05) is 11.9 Å². The highest BCUT2D eigenvalue weighted by Gasteiger charge is 2.26. The lowest BCUT2D eigenvalue weighted by molar-refractivity contribution is -0.135. The molecule has 2 rings (SSSR count). The highest BCUT2D eigenvalue weighted by molar-refractivity contribution is 5.95. The topological polar surface area (TPSA) is 49.4 Å². The molecule has 0 heterocycles. The number of rotatable bonds is 4. The zero-order chi connectivity index (χ0) is 17.7. The summed E-state index contributed by atoms with van der Waals surface area (Å²) < 4.78 is 0. The fourth-order valence-electron chi connectivity index (χ4n) is 3.48. The molecule has 24 heavy (non-hydrogen) atoms. The molecule has 1 aliphatic carbocycles. The van der Waals surface area contributed by atoms with Crippen LogP contribution in [0.2, 0.25) is 0 Å². The fourth-order valence-corrected chi connectivity index (χ4v) is 3.48. The first-order valence-electron chi connectivity index (χ1n) is 8.95.